The van der Waals surface area contributed by atoms with Crippen LogP contribution in [0.4, 0.5) is 13.2 Å². The quantitative estimate of drug-likeness (QED) is 0.214. The third-order valence-corrected chi connectivity index (χ3v) is 7.50. The molecule has 0 bridgehead atoms. The SMILES string of the molecule is C=C(c1cc(-c2ccc(OCc3cc(C(F)(F)F)nn3-c3c(Cl)cccc3Cl)cc2)ccc1Cl)N1CCCC1. The Hall–Kier alpha value is -3.13. The van der Waals surface area contributed by atoms with Crippen LogP contribution in [-0.4, -0.2) is 27.8 Å². The first kappa shape index (κ1) is 27.4. The van der Waals surface area contributed by atoms with Gasteiger partial charge in [0.15, 0.2) is 5.69 Å². The summed E-state index contributed by atoms with van der Waals surface area (Å²) in [6, 6.07) is 18.7. The molecule has 5 rings (SSSR count). The molecular formula is C29H23Cl3F3N3O. The summed E-state index contributed by atoms with van der Waals surface area (Å²) in [7, 11) is 0. The fourth-order valence-corrected chi connectivity index (χ4v) is 5.31. The van der Waals surface area contributed by atoms with E-state index in [2.05, 4.69) is 16.6 Å². The van der Waals surface area contributed by atoms with Gasteiger partial charge in [0, 0.05) is 29.4 Å². The van der Waals surface area contributed by atoms with Gasteiger partial charge < -0.3 is 9.64 Å². The molecule has 202 valence electrons. The number of aromatic nitrogens is 2. The van der Waals surface area contributed by atoms with E-state index < -0.39 is 11.9 Å². The molecule has 3 aromatic carbocycles. The lowest BCUT2D eigenvalue weighted by Gasteiger charge is -2.22. The van der Waals surface area contributed by atoms with E-state index in [9.17, 15) is 13.2 Å². The number of para-hydroxylation sites is 1. The Bertz CT molecular complexity index is 1490. The molecule has 1 aliphatic heterocycles. The van der Waals surface area contributed by atoms with Gasteiger partial charge in [0.25, 0.3) is 0 Å². The number of nitrogens with zero attached hydrogens (tertiary/aromatic N) is 3. The van der Waals surface area contributed by atoms with E-state index in [-0.39, 0.29) is 28.0 Å². The zero-order chi connectivity index (χ0) is 27.7. The second-order valence-corrected chi connectivity index (χ2v) is 10.4. The number of hydrogen-bond acceptors (Lipinski definition) is 3. The molecule has 10 heteroatoms. The van der Waals surface area contributed by atoms with Crippen LogP contribution in [0, 0.1) is 0 Å². The standard InChI is InChI=1S/C29H23Cl3F3N3O/c1-18(37-13-2-3-14-37)23-15-20(9-12-24(23)30)19-7-10-22(11-8-19)39-17-21-16-27(29(33,34)35)36-38(21)28-25(31)5-4-6-26(28)32/h4-12,15-16H,1-3,13-14,17H2. The third kappa shape index (κ3) is 5.91. The van der Waals surface area contributed by atoms with Crippen LogP contribution in [0.1, 0.15) is 29.8 Å². The summed E-state index contributed by atoms with van der Waals surface area (Å²) in [5.41, 5.74) is 2.92. The zero-order valence-electron chi connectivity index (χ0n) is 20.6. The van der Waals surface area contributed by atoms with Crippen molar-refractivity contribution in [2.24, 2.45) is 0 Å². The van der Waals surface area contributed by atoms with E-state index in [1.165, 1.54) is 12.1 Å². The van der Waals surface area contributed by atoms with Gasteiger partial charge in [-0.05, 0) is 66.4 Å². The van der Waals surface area contributed by atoms with E-state index in [1.807, 2.05) is 30.3 Å². The Morgan fingerprint density at radius 1 is 0.872 bits per heavy atom. The van der Waals surface area contributed by atoms with Crippen molar-refractivity contribution in [3.63, 3.8) is 0 Å². The average molecular weight is 593 g/mol. The number of alkyl halides is 3. The lowest BCUT2D eigenvalue weighted by molar-refractivity contribution is -0.141. The highest BCUT2D eigenvalue weighted by Crippen LogP contribution is 2.35. The van der Waals surface area contributed by atoms with Crippen molar-refractivity contribution in [2.75, 3.05) is 13.1 Å². The maximum absolute atomic E-state index is 13.5. The molecule has 4 aromatic rings. The van der Waals surface area contributed by atoms with Crippen LogP contribution < -0.4 is 4.74 Å². The highest BCUT2D eigenvalue weighted by molar-refractivity contribution is 6.37. The molecule has 0 unspecified atom stereocenters. The third-order valence-electron chi connectivity index (χ3n) is 6.56. The predicted octanol–water partition coefficient (Wildman–Crippen LogP) is 9.16. The van der Waals surface area contributed by atoms with Gasteiger partial charge in [-0.2, -0.15) is 18.3 Å². The molecule has 0 atom stereocenters. The molecule has 1 aliphatic rings. The smallest absolute Gasteiger partial charge is 0.435 e. The second kappa shape index (κ2) is 11.2. The minimum Gasteiger partial charge on any atom is -0.487 e. The lowest BCUT2D eigenvalue weighted by Crippen LogP contribution is -2.16. The van der Waals surface area contributed by atoms with E-state index >= 15 is 0 Å². The number of benzene rings is 3. The molecule has 0 N–H and O–H groups in total. The number of halogens is 6. The van der Waals surface area contributed by atoms with Gasteiger partial charge >= 0.3 is 6.18 Å². The van der Waals surface area contributed by atoms with Crippen molar-refractivity contribution >= 4 is 40.5 Å². The van der Waals surface area contributed by atoms with E-state index in [0.717, 1.165) is 59.1 Å². The van der Waals surface area contributed by atoms with Crippen LogP contribution in [-0.2, 0) is 12.8 Å². The van der Waals surface area contributed by atoms with Gasteiger partial charge in [-0.25, -0.2) is 4.68 Å². The van der Waals surface area contributed by atoms with Gasteiger partial charge in [0.05, 0.1) is 15.7 Å². The molecule has 1 aromatic heterocycles. The van der Waals surface area contributed by atoms with Crippen LogP contribution >= 0.6 is 34.8 Å². The Balaban J connectivity index is 1.37. The monoisotopic (exact) mass is 591 g/mol. The predicted molar refractivity (Wildman–Crippen MR) is 150 cm³/mol. The first-order chi connectivity index (χ1) is 18.6. The molecule has 0 spiro atoms. The lowest BCUT2D eigenvalue weighted by atomic mass is 10.0. The highest BCUT2D eigenvalue weighted by Gasteiger charge is 2.35. The van der Waals surface area contributed by atoms with Crippen LogP contribution in [0.3, 0.4) is 0 Å². The number of likely N-dealkylation sites (tertiary alicyclic amines) is 1. The molecule has 39 heavy (non-hydrogen) atoms. The van der Waals surface area contributed by atoms with Crippen LogP contribution in [0.5, 0.6) is 5.75 Å². The summed E-state index contributed by atoms with van der Waals surface area (Å²) in [5.74, 6) is 0.473. The van der Waals surface area contributed by atoms with Crippen molar-refractivity contribution in [1.82, 2.24) is 14.7 Å². The average Bonchev–Trinajstić information content (AvgIpc) is 3.59. The Morgan fingerprint density at radius 3 is 2.15 bits per heavy atom. The van der Waals surface area contributed by atoms with Gasteiger partial charge in [-0.3, -0.25) is 0 Å². The fourth-order valence-electron chi connectivity index (χ4n) is 4.53. The zero-order valence-corrected chi connectivity index (χ0v) is 22.9. The molecule has 0 amide bonds. The molecular weight excluding hydrogens is 570 g/mol. The van der Waals surface area contributed by atoms with Crippen molar-refractivity contribution in [3.05, 3.63) is 105 Å². The summed E-state index contributed by atoms with van der Waals surface area (Å²) in [6.07, 6.45) is -2.37. The highest BCUT2D eigenvalue weighted by atomic mass is 35.5. The van der Waals surface area contributed by atoms with Crippen LogP contribution in [0.25, 0.3) is 22.5 Å². The van der Waals surface area contributed by atoms with Gasteiger partial charge in [-0.1, -0.05) is 65.6 Å². The molecule has 0 saturated carbocycles. The number of hydrogen-bond donors (Lipinski definition) is 0. The number of rotatable bonds is 7. The van der Waals surface area contributed by atoms with E-state index in [1.54, 1.807) is 18.2 Å². The summed E-state index contributed by atoms with van der Waals surface area (Å²) in [4.78, 5) is 2.24. The van der Waals surface area contributed by atoms with Crippen LogP contribution in [0.15, 0.2) is 73.3 Å². The van der Waals surface area contributed by atoms with E-state index in [4.69, 9.17) is 39.5 Å². The largest absolute Gasteiger partial charge is 0.487 e. The van der Waals surface area contributed by atoms with E-state index in [0.29, 0.717) is 10.8 Å². The fraction of sp³-hybridized carbons (Fsp3) is 0.207. The Labute approximate surface area is 239 Å². The van der Waals surface area contributed by atoms with Crippen LogP contribution in [0.2, 0.25) is 15.1 Å². The van der Waals surface area contributed by atoms with Gasteiger partial charge in [0.2, 0.25) is 0 Å². The summed E-state index contributed by atoms with van der Waals surface area (Å²) in [5, 5.41) is 4.69. The van der Waals surface area contributed by atoms with Crippen molar-refractivity contribution in [3.8, 4) is 22.6 Å². The minimum absolute atomic E-state index is 0.143. The number of ether oxygens (including phenoxy) is 1. The summed E-state index contributed by atoms with van der Waals surface area (Å²) in [6.45, 7) is 6.00. The van der Waals surface area contributed by atoms with Gasteiger partial charge in [0.1, 0.15) is 18.0 Å². The van der Waals surface area contributed by atoms with Crippen molar-refractivity contribution in [1.29, 1.82) is 0 Å². The topological polar surface area (TPSA) is 30.3 Å². The Morgan fingerprint density at radius 2 is 1.51 bits per heavy atom. The molecule has 0 aliphatic carbocycles. The molecule has 0 radical (unpaired) electrons. The normalized spacial score (nSPS) is 13.6. The molecule has 4 nitrogen and oxygen atoms in total. The first-order valence-electron chi connectivity index (χ1n) is 12.2. The molecule has 1 saturated heterocycles. The second-order valence-electron chi connectivity index (χ2n) is 9.15. The molecule has 2 heterocycles. The summed E-state index contributed by atoms with van der Waals surface area (Å²) >= 11 is 19.0. The van der Waals surface area contributed by atoms with Crippen molar-refractivity contribution in [2.45, 2.75) is 25.6 Å². The maximum Gasteiger partial charge on any atom is 0.435 e. The maximum atomic E-state index is 13.5. The van der Waals surface area contributed by atoms with Gasteiger partial charge in [-0.15, -0.1) is 0 Å². The minimum atomic E-state index is -4.65. The van der Waals surface area contributed by atoms with Crippen molar-refractivity contribution < 1.29 is 17.9 Å². The first-order valence-corrected chi connectivity index (χ1v) is 13.3. The molecule has 1 fully saturated rings. The Kier molecular flexibility index (Phi) is 7.85. The summed E-state index contributed by atoms with van der Waals surface area (Å²) < 4.78 is 47.3.